The van der Waals surface area contributed by atoms with E-state index in [-0.39, 0.29) is 5.92 Å². The molecule has 0 aliphatic heterocycles. The van der Waals surface area contributed by atoms with Crippen LogP contribution in [0.1, 0.15) is 61.0 Å². The van der Waals surface area contributed by atoms with Gasteiger partial charge in [-0.3, -0.25) is 0 Å². The van der Waals surface area contributed by atoms with Crippen molar-refractivity contribution >= 4 is 22.5 Å². The lowest BCUT2D eigenvalue weighted by atomic mass is 9.71. The molecule has 3 aromatic carbocycles. The van der Waals surface area contributed by atoms with Crippen molar-refractivity contribution in [1.29, 1.82) is 0 Å². The van der Waals surface area contributed by atoms with Crippen molar-refractivity contribution in [1.82, 2.24) is 19.6 Å². The van der Waals surface area contributed by atoms with Crippen LogP contribution in [0.3, 0.4) is 0 Å². The minimum absolute atomic E-state index is 0.254. The maximum absolute atomic E-state index is 10.3. The first-order chi connectivity index (χ1) is 19.8. The Morgan fingerprint density at radius 2 is 1.66 bits per heavy atom. The second-order valence-electron chi connectivity index (χ2n) is 11.1. The number of nitrogens with one attached hydrogen (secondary N) is 1. The normalized spacial score (nSPS) is 16.9. The number of ether oxygens (including phenoxy) is 3. The Hall–Kier alpha value is -4.37. The second-order valence-corrected chi connectivity index (χ2v) is 11.1. The molecule has 0 atom stereocenters. The summed E-state index contributed by atoms with van der Waals surface area (Å²) in [5.74, 6) is 4.22. The van der Waals surface area contributed by atoms with E-state index in [9.17, 15) is 5.11 Å². The number of aromatic nitrogens is 4. The molecule has 212 valence electrons. The fraction of sp³-hybridized carbons (Fsp3) is 0.344. The Bertz CT molecular complexity index is 1700. The number of para-hydroxylation sites is 1. The summed E-state index contributed by atoms with van der Waals surface area (Å²) in [6.07, 6.45) is 1.94. The van der Waals surface area contributed by atoms with Gasteiger partial charge in [-0.25, -0.2) is 9.97 Å². The van der Waals surface area contributed by atoms with Crippen LogP contribution in [0.2, 0.25) is 0 Å². The zero-order valence-corrected chi connectivity index (χ0v) is 24.0. The number of hydrogen-bond acceptors (Lipinski definition) is 8. The van der Waals surface area contributed by atoms with Crippen LogP contribution in [0.4, 0.5) is 5.95 Å². The van der Waals surface area contributed by atoms with Gasteiger partial charge in [0.15, 0.2) is 11.5 Å². The van der Waals surface area contributed by atoms with E-state index in [2.05, 4.69) is 17.4 Å². The molecule has 0 unspecified atom stereocenters. The molecule has 0 saturated heterocycles. The molecular weight excluding hydrogens is 518 g/mol. The second kappa shape index (κ2) is 10.6. The van der Waals surface area contributed by atoms with Gasteiger partial charge in [0.2, 0.25) is 5.95 Å². The quantitative estimate of drug-likeness (QED) is 0.236. The highest BCUT2D eigenvalue weighted by molar-refractivity contribution is 5.96. The molecule has 5 aromatic rings. The number of fused-ring (bicyclic) bond motifs is 3. The average molecular weight is 554 g/mol. The molecule has 9 nitrogen and oxygen atoms in total. The lowest BCUT2D eigenvalue weighted by molar-refractivity contribution is 0.0785. The highest BCUT2D eigenvalue weighted by Gasteiger charge is 2.35. The van der Waals surface area contributed by atoms with Crippen LogP contribution in [0, 0.1) is 0 Å². The highest BCUT2D eigenvalue weighted by Crippen LogP contribution is 2.47. The van der Waals surface area contributed by atoms with Crippen LogP contribution >= 0.6 is 0 Å². The van der Waals surface area contributed by atoms with Gasteiger partial charge in [0.05, 0.1) is 26.9 Å². The molecule has 1 aliphatic rings. The lowest BCUT2D eigenvalue weighted by Crippen LogP contribution is -2.22. The van der Waals surface area contributed by atoms with Crippen LogP contribution < -0.4 is 19.5 Å². The van der Waals surface area contributed by atoms with Gasteiger partial charge in [-0.1, -0.05) is 30.3 Å². The molecule has 9 heteroatoms. The zero-order valence-electron chi connectivity index (χ0n) is 24.0. The van der Waals surface area contributed by atoms with Crippen molar-refractivity contribution < 1.29 is 19.3 Å². The van der Waals surface area contributed by atoms with Crippen LogP contribution in [-0.2, 0) is 12.1 Å². The summed E-state index contributed by atoms with van der Waals surface area (Å²) in [5.41, 5.74) is 3.79. The van der Waals surface area contributed by atoms with Crippen molar-refractivity contribution in [2.24, 2.45) is 0 Å². The number of rotatable bonds is 9. The van der Waals surface area contributed by atoms with Gasteiger partial charge >= 0.3 is 0 Å². The molecule has 2 heterocycles. The molecule has 0 spiro atoms. The molecule has 2 N–H and O–H groups in total. The first-order valence-corrected chi connectivity index (χ1v) is 13.8. The third kappa shape index (κ3) is 5.02. The average Bonchev–Trinajstić information content (AvgIpc) is 3.40. The molecule has 41 heavy (non-hydrogen) atoms. The van der Waals surface area contributed by atoms with Gasteiger partial charge in [0.1, 0.15) is 22.8 Å². The maximum atomic E-state index is 10.3. The summed E-state index contributed by atoms with van der Waals surface area (Å²) in [7, 11) is 4.93. The fourth-order valence-electron chi connectivity index (χ4n) is 5.51. The highest BCUT2D eigenvalue weighted by atomic mass is 16.5. The van der Waals surface area contributed by atoms with Crippen LogP contribution in [0.5, 0.6) is 17.2 Å². The maximum Gasteiger partial charge on any atom is 0.226 e. The third-order valence-electron chi connectivity index (χ3n) is 8.02. The van der Waals surface area contributed by atoms with Gasteiger partial charge in [-0.05, 0) is 68.0 Å². The smallest absolute Gasteiger partial charge is 0.226 e. The third-order valence-corrected chi connectivity index (χ3v) is 8.02. The molecule has 1 aliphatic carbocycles. The number of benzene rings is 3. The van der Waals surface area contributed by atoms with E-state index < -0.39 is 5.60 Å². The van der Waals surface area contributed by atoms with Crippen LogP contribution in [0.25, 0.3) is 16.6 Å². The molecule has 0 amide bonds. The lowest BCUT2D eigenvalue weighted by Gasteiger charge is -2.34. The first-order valence-electron chi connectivity index (χ1n) is 13.8. The fourth-order valence-corrected chi connectivity index (χ4v) is 5.51. The predicted octanol–water partition coefficient (Wildman–Crippen LogP) is 5.80. The van der Waals surface area contributed by atoms with Gasteiger partial charge in [-0.2, -0.15) is 4.52 Å². The van der Waals surface area contributed by atoms with E-state index in [1.54, 1.807) is 39.7 Å². The molecule has 1 saturated carbocycles. The van der Waals surface area contributed by atoms with E-state index in [4.69, 9.17) is 29.3 Å². The number of nitrogens with zero attached hydrogens (tertiary/aromatic N) is 4. The summed E-state index contributed by atoms with van der Waals surface area (Å²) >= 11 is 0. The number of anilines is 1. The van der Waals surface area contributed by atoms with Gasteiger partial charge in [0.25, 0.3) is 0 Å². The molecule has 2 aromatic heterocycles. The van der Waals surface area contributed by atoms with Gasteiger partial charge in [-0.15, -0.1) is 5.10 Å². The molecular formula is C32H35N5O4. The summed E-state index contributed by atoms with van der Waals surface area (Å²) in [5, 5.41) is 19.6. The van der Waals surface area contributed by atoms with E-state index in [1.165, 1.54) is 5.56 Å². The molecule has 0 radical (unpaired) electrons. The Balaban J connectivity index is 1.30. The number of aliphatic hydroxyl groups is 1. The minimum Gasteiger partial charge on any atom is -0.497 e. The van der Waals surface area contributed by atoms with E-state index >= 15 is 0 Å². The van der Waals surface area contributed by atoms with E-state index in [0.29, 0.717) is 24.2 Å². The van der Waals surface area contributed by atoms with Gasteiger partial charge in [0, 0.05) is 29.5 Å². The van der Waals surface area contributed by atoms with Crippen molar-refractivity contribution in [2.75, 3.05) is 26.6 Å². The summed E-state index contributed by atoms with van der Waals surface area (Å²) in [6, 6.07) is 19.9. The molecule has 0 bridgehead atoms. The SMILES string of the molecule is COc1ccc(CNc2nc3c(OC)cccc3c3nc(C4CC(c5ccc(C(C)(C)O)cc5)C4)nn23)c(OC)c1. The largest absolute Gasteiger partial charge is 0.497 e. The Kier molecular flexibility index (Phi) is 6.91. The van der Waals surface area contributed by atoms with Crippen molar-refractivity contribution in [3.63, 3.8) is 0 Å². The standard InChI is InChI=1S/C32H35N5O4/c1-32(2,38)23-12-9-19(10-13-23)21-15-22(16-21)29-35-30-25-7-6-8-26(40-4)28(25)34-31(37(30)36-29)33-18-20-11-14-24(39-3)17-27(20)41-5/h6-14,17,21-22,38H,15-16,18H2,1-5H3,(H,33,34). The van der Waals surface area contributed by atoms with Gasteiger partial charge < -0.3 is 24.6 Å². The summed E-state index contributed by atoms with van der Waals surface area (Å²) < 4.78 is 18.4. The molecule has 6 rings (SSSR count). The number of hydrogen-bond donors (Lipinski definition) is 2. The Labute approximate surface area is 239 Å². The van der Waals surface area contributed by atoms with Crippen LogP contribution in [0.15, 0.2) is 60.7 Å². The minimum atomic E-state index is -0.842. The number of methoxy groups -OCH3 is 3. The van der Waals surface area contributed by atoms with E-state index in [1.807, 2.05) is 48.5 Å². The Morgan fingerprint density at radius 3 is 2.34 bits per heavy atom. The van der Waals surface area contributed by atoms with Crippen molar-refractivity contribution in [3.8, 4) is 17.2 Å². The monoisotopic (exact) mass is 553 g/mol. The van der Waals surface area contributed by atoms with Crippen LogP contribution in [-0.4, -0.2) is 46.0 Å². The van der Waals surface area contributed by atoms with E-state index in [0.717, 1.165) is 57.8 Å². The topological polar surface area (TPSA) is 103 Å². The Morgan fingerprint density at radius 1 is 0.902 bits per heavy atom. The summed E-state index contributed by atoms with van der Waals surface area (Å²) in [4.78, 5) is 9.95. The van der Waals surface area contributed by atoms with Crippen molar-refractivity contribution in [3.05, 3.63) is 83.2 Å². The zero-order chi connectivity index (χ0) is 28.7. The summed E-state index contributed by atoms with van der Waals surface area (Å²) in [6.45, 7) is 4.08. The predicted molar refractivity (Wildman–Crippen MR) is 158 cm³/mol. The first kappa shape index (κ1) is 26.8. The van der Waals surface area contributed by atoms with Crippen molar-refractivity contribution in [2.45, 2.75) is 50.7 Å². The molecule has 1 fully saturated rings.